The molecular formula is C23H17FN2O4S. The molecular weight excluding hydrogens is 419 g/mol. The van der Waals surface area contributed by atoms with Gasteiger partial charge in [-0.1, -0.05) is 12.1 Å². The quantitative estimate of drug-likeness (QED) is 0.378. The lowest BCUT2D eigenvalue weighted by Gasteiger charge is -2.23. The second-order valence-corrected chi connectivity index (χ2v) is 8.36. The summed E-state index contributed by atoms with van der Waals surface area (Å²) in [5, 5.41) is 13.2. The number of amides is 1. The molecule has 0 aliphatic carbocycles. The van der Waals surface area contributed by atoms with E-state index < -0.39 is 23.5 Å². The third kappa shape index (κ3) is 3.19. The van der Waals surface area contributed by atoms with E-state index in [-0.39, 0.29) is 17.4 Å². The third-order valence-electron chi connectivity index (χ3n) is 5.42. The molecule has 0 radical (unpaired) electrons. The van der Waals surface area contributed by atoms with Crippen molar-refractivity contribution in [2.24, 2.45) is 0 Å². The molecule has 1 amide bonds. The van der Waals surface area contributed by atoms with Gasteiger partial charge in [-0.3, -0.25) is 14.5 Å². The highest BCUT2D eigenvalue weighted by Crippen LogP contribution is 2.43. The monoisotopic (exact) mass is 436 g/mol. The summed E-state index contributed by atoms with van der Waals surface area (Å²) in [7, 11) is 0. The van der Waals surface area contributed by atoms with Gasteiger partial charge >= 0.3 is 5.91 Å². The van der Waals surface area contributed by atoms with Crippen molar-refractivity contribution in [1.29, 1.82) is 0 Å². The molecule has 2 aliphatic rings. The van der Waals surface area contributed by atoms with Gasteiger partial charge in [0, 0.05) is 23.6 Å². The molecule has 3 heterocycles. The number of carbonyl (C=O) groups excluding carboxylic acids is 2. The zero-order chi connectivity index (χ0) is 21.7. The fourth-order valence-corrected chi connectivity index (χ4v) is 4.72. The Morgan fingerprint density at radius 3 is 2.71 bits per heavy atom. The molecule has 0 spiro atoms. The fraction of sp³-hybridized carbons (Fsp3) is 0.174. The minimum Gasteiger partial charge on any atom is -0.507 e. The summed E-state index contributed by atoms with van der Waals surface area (Å²) in [5.41, 5.74) is 1.78. The second-order valence-electron chi connectivity index (χ2n) is 7.49. The van der Waals surface area contributed by atoms with Crippen LogP contribution in [0.4, 0.5) is 9.52 Å². The number of anilines is 1. The van der Waals surface area contributed by atoms with Gasteiger partial charge in [0.1, 0.15) is 23.4 Å². The summed E-state index contributed by atoms with van der Waals surface area (Å²) in [6.45, 7) is 1.95. The van der Waals surface area contributed by atoms with Gasteiger partial charge in [-0.25, -0.2) is 9.37 Å². The molecule has 0 saturated carbocycles. The van der Waals surface area contributed by atoms with Gasteiger partial charge in [0.2, 0.25) is 0 Å². The fourth-order valence-electron chi connectivity index (χ4n) is 4.05. The molecule has 2 aromatic carbocycles. The van der Waals surface area contributed by atoms with E-state index in [0.29, 0.717) is 22.7 Å². The number of hydrogen-bond donors (Lipinski definition) is 1. The Bertz CT molecular complexity index is 1220. The number of carbonyl (C=O) groups is 2. The maximum absolute atomic E-state index is 13.5. The first-order valence-electron chi connectivity index (χ1n) is 9.70. The van der Waals surface area contributed by atoms with Crippen molar-refractivity contribution in [1.82, 2.24) is 4.98 Å². The van der Waals surface area contributed by atoms with Gasteiger partial charge in [-0.15, -0.1) is 11.3 Å². The molecule has 1 fully saturated rings. The maximum atomic E-state index is 13.5. The number of fused-ring (bicyclic) bond motifs is 1. The molecule has 31 heavy (non-hydrogen) atoms. The first-order chi connectivity index (χ1) is 14.9. The molecule has 2 unspecified atom stereocenters. The smallest absolute Gasteiger partial charge is 0.301 e. The number of ketones is 1. The topological polar surface area (TPSA) is 79.7 Å². The van der Waals surface area contributed by atoms with Crippen molar-refractivity contribution in [3.05, 3.63) is 82.1 Å². The Labute approximate surface area is 181 Å². The summed E-state index contributed by atoms with van der Waals surface area (Å²) in [5.74, 6) is -1.59. The van der Waals surface area contributed by atoms with E-state index in [2.05, 4.69) is 4.98 Å². The first-order valence-corrected chi connectivity index (χ1v) is 10.6. The zero-order valence-corrected chi connectivity index (χ0v) is 17.2. The number of benzene rings is 2. The largest absolute Gasteiger partial charge is 0.507 e. The SMILES string of the molecule is CC1Cc2cc(C(O)=C3C(=O)C(=O)N(c4nccs4)C3c3ccc(F)cc3)ccc2O1. The number of aliphatic hydroxyl groups excluding tert-OH is 1. The van der Waals surface area contributed by atoms with Gasteiger partial charge < -0.3 is 9.84 Å². The van der Waals surface area contributed by atoms with Crippen LogP contribution in [-0.4, -0.2) is 27.9 Å². The number of hydrogen-bond acceptors (Lipinski definition) is 6. The number of Topliss-reactive ketones (excluding diaryl/α,β-unsaturated/α-hetero) is 1. The molecule has 3 aromatic rings. The summed E-state index contributed by atoms with van der Waals surface area (Å²) in [6, 6.07) is 9.76. The van der Waals surface area contributed by atoms with Gasteiger partial charge in [-0.2, -0.15) is 0 Å². The van der Waals surface area contributed by atoms with Crippen LogP contribution < -0.4 is 9.64 Å². The number of aromatic nitrogens is 1. The van der Waals surface area contributed by atoms with Crippen LogP contribution in [-0.2, 0) is 16.0 Å². The Morgan fingerprint density at radius 2 is 2.00 bits per heavy atom. The summed E-state index contributed by atoms with van der Waals surface area (Å²) in [4.78, 5) is 31.4. The zero-order valence-electron chi connectivity index (χ0n) is 16.4. The lowest BCUT2D eigenvalue weighted by atomic mass is 9.94. The molecule has 0 bridgehead atoms. The van der Waals surface area contributed by atoms with Crippen LogP contribution in [0.3, 0.4) is 0 Å². The van der Waals surface area contributed by atoms with Gasteiger partial charge in [0.25, 0.3) is 5.78 Å². The van der Waals surface area contributed by atoms with Crippen LogP contribution in [0.15, 0.2) is 59.6 Å². The molecule has 5 rings (SSSR count). The summed E-state index contributed by atoms with van der Waals surface area (Å²) < 4.78 is 19.2. The molecule has 2 atom stereocenters. The minimum absolute atomic E-state index is 0.0297. The Balaban J connectivity index is 1.68. The van der Waals surface area contributed by atoms with E-state index in [1.54, 1.807) is 23.6 Å². The van der Waals surface area contributed by atoms with E-state index in [1.165, 1.54) is 46.7 Å². The predicted octanol–water partition coefficient (Wildman–Crippen LogP) is 4.23. The van der Waals surface area contributed by atoms with Crippen molar-refractivity contribution >= 4 is 33.9 Å². The van der Waals surface area contributed by atoms with Gasteiger partial charge in [0.15, 0.2) is 5.13 Å². The van der Waals surface area contributed by atoms with E-state index in [9.17, 15) is 19.1 Å². The van der Waals surface area contributed by atoms with E-state index in [1.807, 2.05) is 6.92 Å². The van der Waals surface area contributed by atoms with Crippen molar-refractivity contribution < 1.29 is 23.8 Å². The van der Waals surface area contributed by atoms with E-state index in [4.69, 9.17) is 4.74 Å². The van der Waals surface area contributed by atoms with Crippen LogP contribution in [0, 0.1) is 5.82 Å². The number of ether oxygens (including phenoxy) is 1. The number of aliphatic hydroxyl groups is 1. The highest BCUT2D eigenvalue weighted by atomic mass is 32.1. The molecule has 2 aliphatic heterocycles. The normalized spacial score (nSPS) is 21.9. The molecule has 6 nitrogen and oxygen atoms in total. The Kier molecular flexibility index (Phi) is 4.59. The molecule has 8 heteroatoms. The van der Waals surface area contributed by atoms with Crippen molar-refractivity contribution in [2.75, 3.05) is 4.90 Å². The number of rotatable bonds is 3. The number of thiazole rings is 1. The number of nitrogens with zero attached hydrogens (tertiary/aromatic N) is 2. The standard InChI is InChI=1S/C23H17FN2O4S/c1-12-10-15-11-14(4-7-17(15)30-12)20(27)18-19(13-2-5-16(24)6-3-13)26(22(29)21(18)28)23-25-8-9-31-23/h2-9,11-12,19,27H,10H2,1H3. The highest BCUT2D eigenvalue weighted by molar-refractivity contribution is 7.14. The second kappa shape index (κ2) is 7.31. The van der Waals surface area contributed by atoms with E-state index >= 15 is 0 Å². The maximum Gasteiger partial charge on any atom is 0.301 e. The molecule has 1 aromatic heterocycles. The van der Waals surface area contributed by atoms with Crippen molar-refractivity contribution in [2.45, 2.75) is 25.5 Å². The van der Waals surface area contributed by atoms with Crippen LogP contribution in [0.25, 0.3) is 5.76 Å². The average molecular weight is 436 g/mol. The van der Waals surface area contributed by atoms with Crippen LogP contribution >= 0.6 is 11.3 Å². The predicted molar refractivity (Wildman–Crippen MR) is 114 cm³/mol. The first kappa shape index (κ1) is 19.4. The van der Waals surface area contributed by atoms with E-state index in [0.717, 1.165) is 11.3 Å². The Hall–Kier alpha value is -3.52. The summed E-state index contributed by atoms with van der Waals surface area (Å²) in [6.07, 6.45) is 2.25. The lowest BCUT2D eigenvalue weighted by Crippen LogP contribution is -2.29. The third-order valence-corrected chi connectivity index (χ3v) is 6.20. The molecule has 156 valence electrons. The summed E-state index contributed by atoms with van der Waals surface area (Å²) >= 11 is 1.20. The number of halogens is 1. The lowest BCUT2D eigenvalue weighted by molar-refractivity contribution is -0.132. The van der Waals surface area contributed by atoms with Crippen LogP contribution in [0.5, 0.6) is 5.75 Å². The highest BCUT2D eigenvalue weighted by Gasteiger charge is 2.48. The van der Waals surface area contributed by atoms with Crippen LogP contribution in [0.2, 0.25) is 0 Å². The van der Waals surface area contributed by atoms with Crippen LogP contribution in [0.1, 0.15) is 29.7 Å². The van der Waals surface area contributed by atoms with Gasteiger partial charge in [0.05, 0.1) is 11.6 Å². The van der Waals surface area contributed by atoms with Gasteiger partial charge in [-0.05, 0) is 48.4 Å². The van der Waals surface area contributed by atoms with Crippen molar-refractivity contribution in [3.63, 3.8) is 0 Å². The Morgan fingerprint density at radius 1 is 1.23 bits per heavy atom. The molecule has 1 saturated heterocycles. The van der Waals surface area contributed by atoms with Crippen molar-refractivity contribution in [3.8, 4) is 5.75 Å². The average Bonchev–Trinajstić information content (AvgIpc) is 3.46. The minimum atomic E-state index is -0.921. The molecule has 1 N–H and O–H groups in total.